The summed E-state index contributed by atoms with van der Waals surface area (Å²) in [7, 11) is 0. The molecule has 0 aromatic carbocycles. The predicted molar refractivity (Wildman–Crippen MR) is 53.3 cm³/mol. The summed E-state index contributed by atoms with van der Waals surface area (Å²) in [5.74, 6) is 1.72. The SMILES string of the molecule is CCC(C)CNCC1CCNC1. The molecule has 0 spiro atoms. The lowest BCUT2D eigenvalue weighted by atomic mass is 10.1. The minimum atomic E-state index is 0.833. The monoisotopic (exact) mass is 170 g/mol. The molecule has 2 N–H and O–H groups in total. The van der Waals surface area contributed by atoms with Crippen molar-refractivity contribution in [3.8, 4) is 0 Å². The molecular formula is C10H22N2. The zero-order valence-corrected chi connectivity index (χ0v) is 8.40. The van der Waals surface area contributed by atoms with Crippen LogP contribution in [-0.2, 0) is 0 Å². The minimum Gasteiger partial charge on any atom is -0.316 e. The van der Waals surface area contributed by atoms with Crippen LogP contribution in [0.15, 0.2) is 0 Å². The largest absolute Gasteiger partial charge is 0.316 e. The van der Waals surface area contributed by atoms with Gasteiger partial charge in [-0.2, -0.15) is 0 Å². The molecule has 0 amide bonds. The van der Waals surface area contributed by atoms with Gasteiger partial charge in [0.25, 0.3) is 0 Å². The quantitative estimate of drug-likeness (QED) is 0.648. The van der Waals surface area contributed by atoms with Gasteiger partial charge in [-0.3, -0.25) is 0 Å². The molecule has 2 unspecified atom stereocenters. The molecule has 0 bridgehead atoms. The summed E-state index contributed by atoms with van der Waals surface area (Å²) in [4.78, 5) is 0. The van der Waals surface area contributed by atoms with Gasteiger partial charge in [-0.05, 0) is 44.4 Å². The molecule has 0 aromatic rings. The lowest BCUT2D eigenvalue weighted by Crippen LogP contribution is -2.28. The molecule has 72 valence electrons. The molecule has 0 aromatic heterocycles. The van der Waals surface area contributed by atoms with Crippen molar-refractivity contribution in [2.24, 2.45) is 11.8 Å². The molecular weight excluding hydrogens is 148 g/mol. The van der Waals surface area contributed by atoms with Crippen molar-refractivity contribution < 1.29 is 0 Å². The highest BCUT2D eigenvalue weighted by Crippen LogP contribution is 2.05. The molecule has 12 heavy (non-hydrogen) atoms. The van der Waals surface area contributed by atoms with Crippen molar-refractivity contribution in [3.05, 3.63) is 0 Å². The highest BCUT2D eigenvalue weighted by molar-refractivity contribution is 4.73. The summed E-state index contributed by atoms with van der Waals surface area (Å²) in [5.41, 5.74) is 0. The maximum atomic E-state index is 3.54. The van der Waals surface area contributed by atoms with Crippen LogP contribution in [0.1, 0.15) is 26.7 Å². The van der Waals surface area contributed by atoms with Gasteiger partial charge < -0.3 is 10.6 Å². The normalized spacial score (nSPS) is 26.0. The average Bonchev–Trinajstić information content (AvgIpc) is 2.57. The van der Waals surface area contributed by atoms with Gasteiger partial charge in [-0.25, -0.2) is 0 Å². The van der Waals surface area contributed by atoms with Gasteiger partial charge in [0, 0.05) is 0 Å². The van der Waals surface area contributed by atoms with E-state index in [-0.39, 0.29) is 0 Å². The van der Waals surface area contributed by atoms with E-state index in [1.165, 1.54) is 39.0 Å². The molecule has 0 saturated carbocycles. The van der Waals surface area contributed by atoms with Crippen molar-refractivity contribution in [1.82, 2.24) is 10.6 Å². The van der Waals surface area contributed by atoms with Gasteiger partial charge in [-0.1, -0.05) is 20.3 Å². The Kier molecular flexibility index (Phi) is 4.62. The van der Waals surface area contributed by atoms with Crippen molar-refractivity contribution >= 4 is 0 Å². The third kappa shape index (κ3) is 3.55. The predicted octanol–water partition coefficient (Wildman–Crippen LogP) is 1.23. The van der Waals surface area contributed by atoms with Crippen molar-refractivity contribution in [1.29, 1.82) is 0 Å². The topological polar surface area (TPSA) is 24.1 Å². The molecule has 1 aliphatic heterocycles. The zero-order chi connectivity index (χ0) is 8.81. The first-order valence-electron chi connectivity index (χ1n) is 5.24. The summed E-state index contributed by atoms with van der Waals surface area (Å²) in [5, 5.41) is 6.92. The van der Waals surface area contributed by atoms with Gasteiger partial charge in [0.15, 0.2) is 0 Å². The van der Waals surface area contributed by atoms with Crippen molar-refractivity contribution in [2.45, 2.75) is 26.7 Å². The Bertz CT molecular complexity index is 108. The molecule has 1 heterocycles. The number of hydrogen-bond donors (Lipinski definition) is 2. The van der Waals surface area contributed by atoms with E-state index < -0.39 is 0 Å². The van der Waals surface area contributed by atoms with Crippen LogP contribution in [0.3, 0.4) is 0 Å². The van der Waals surface area contributed by atoms with Crippen molar-refractivity contribution in [2.75, 3.05) is 26.2 Å². The maximum absolute atomic E-state index is 3.54. The third-order valence-electron chi connectivity index (χ3n) is 2.79. The van der Waals surface area contributed by atoms with Gasteiger partial charge in [0.05, 0.1) is 0 Å². The van der Waals surface area contributed by atoms with Crippen LogP contribution >= 0.6 is 0 Å². The van der Waals surface area contributed by atoms with Crippen LogP contribution in [0.5, 0.6) is 0 Å². The molecule has 1 fully saturated rings. The molecule has 2 nitrogen and oxygen atoms in total. The van der Waals surface area contributed by atoms with Gasteiger partial charge in [0.2, 0.25) is 0 Å². The van der Waals surface area contributed by atoms with Gasteiger partial charge in [-0.15, -0.1) is 0 Å². The van der Waals surface area contributed by atoms with E-state index in [0.29, 0.717) is 0 Å². The lowest BCUT2D eigenvalue weighted by Gasteiger charge is -2.13. The lowest BCUT2D eigenvalue weighted by molar-refractivity contribution is 0.451. The highest BCUT2D eigenvalue weighted by Gasteiger charge is 2.13. The first-order chi connectivity index (χ1) is 5.83. The summed E-state index contributed by atoms with van der Waals surface area (Å²) in [6.45, 7) is 9.39. The van der Waals surface area contributed by atoms with E-state index in [1.54, 1.807) is 0 Å². The minimum absolute atomic E-state index is 0.833. The number of rotatable bonds is 5. The smallest absolute Gasteiger partial charge is 0.000779 e. The first-order valence-corrected chi connectivity index (χ1v) is 5.24. The second-order valence-electron chi connectivity index (χ2n) is 4.03. The van der Waals surface area contributed by atoms with Crippen LogP contribution in [0, 0.1) is 11.8 Å². The number of hydrogen-bond acceptors (Lipinski definition) is 2. The fourth-order valence-electron chi connectivity index (χ4n) is 1.57. The van der Waals surface area contributed by atoms with E-state index in [2.05, 4.69) is 24.5 Å². The average molecular weight is 170 g/mol. The van der Waals surface area contributed by atoms with E-state index >= 15 is 0 Å². The molecule has 1 saturated heterocycles. The molecule has 0 radical (unpaired) electrons. The molecule has 1 rings (SSSR count). The Morgan fingerprint density at radius 1 is 1.58 bits per heavy atom. The number of nitrogens with one attached hydrogen (secondary N) is 2. The summed E-state index contributed by atoms with van der Waals surface area (Å²) >= 11 is 0. The molecule has 1 aliphatic rings. The van der Waals surface area contributed by atoms with E-state index in [1.807, 2.05) is 0 Å². The maximum Gasteiger partial charge on any atom is -0.000779 e. The Balaban J connectivity index is 1.94. The Morgan fingerprint density at radius 2 is 2.42 bits per heavy atom. The zero-order valence-electron chi connectivity index (χ0n) is 8.40. The Labute approximate surface area is 76.1 Å². The van der Waals surface area contributed by atoms with Gasteiger partial charge in [0.1, 0.15) is 0 Å². The van der Waals surface area contributed by atoms with Crippen LogP contribution in [0.4, 0.5) is 0 Å². The molecule has 0 aliphatic carbocycles. The highest BCUT2D eigenvalue weighted by atomic mass is 14.9. The van der Waals surface area contributed by atoms with Crippen molar-refractivity contribution in [3.63, 3.8) is 0 Å². The van der Waals surface area contributed by atoms with Gasteiger partial charge >= 0.3 is 0 Å². The van der Waals surface area contributed by atoms with E-state index in [9.17, 15) is 0 Å². The molecule has 2 heteroatoms. The fraction of sp³-hybridized carbons (Fsp3) is 1.00. The van der Waals surface area contributed by atoms with Crippen LogP contribution in [-0.4, -0.2) is 26.2 Å². The fourth-order valence-corrected chi connectivity index (χ4v) is 1.57. The second kappa shape index (κ2) is 5.55. The summed E-state index contributed by atoms with van der Waals surface area (Å²) in [6.07, 6.45) is 2.64. The van der Waals surface area contributed by atoms with Crippen LogP contribution in [0.2, 0.25) is 0 Å². The third-order valence-corrected chi connectivity index (χ3v) is 2.79. The molecule has 2 atom stereocenters. The summed E-state index contributed by atoms with van der Waals surface area (Å²) < 4.78 is 0. The second-order valence-corrected chi connectivity index (χ2v) is 4.03. The van der Waals surface area contributed by atoms with E-state index in [0.717, 1.165) is 11.8 Å². The first kappa shape index (κ1) is 10.0. The van der Waals surface area contributed by atoms with Crippen LogP contribution in [0.25, 0.3) is 0 Å². The Hall–Kier alpha value is -0.0800. The standard InChI is InChI=1S/C10H22N2/c1-3-9(2)6-12-8-10-4-5-11-7-10/h9-12H,3-8H2,1-2H3. The van der Waals surface area contributed by atoms with E-state index in [4.69, 9.17) is 0 Å². The Morgan fingerprint density at radius 3 is 3.00 bits per heavy atom. The summed E-state index contributed by atoms with van der Waals surface area (Å²) in [6, 6.07) is 0. The van der Waals surface area contributed by atoms with Crippen LogP contribution < -0.4 is 10.6 Å².